The highest BCUT2D eigenvalue weighted by atomic mass is 32.1. The van der Waals surface area contributed by atoms with Gasteiger partial charge in [0.05, 0.1) is 17.7 Å². The van der Waals surface area contributed by atoms with Gasteiger partial charge in [-0.15, -0.1) is 0 Å². The average molecular weight is 337 g/mol. The van der Waals surface area contributed by atoms with Gasteiger partial charge < -0.3 is 9.13 Å². The predicted octanol–water partition coefficient (Wildman–Crippen LogP) is 4.55. The third-order valence-corrected chi connectivity index (χ3v) is 5.75. The smallest absolute Gasteiger partial charge is 0.181 e. The van der Waals surface area contributed by atoms with Crippen LogP contribution in [0.2, 0.25) is 0 Å². The number of aryl methyl sites for hydroxylation is 1. The normalized spacial score (nSPS) is 16.7. The Labute approximate surface area is 148 Å². The van der Waals surface area contributed by atoms with Gasteiger partial charge in [-0.1, -0.05) is 42.5 Å². The quantitative estimate of drug-likeness (QED) is 0.651. The highest BCUT2D eigenvalue weighted by molar-refractivity contribution is 7.71. The first kappa shape index (κ1) is 15.6. The lowest BCUT2D eigenvalue weighted by molar-refractivity contribution is 0.170. The summed E-state index contributed by atoms with van der Waals surface area (Å²) in [6.07, 6.45) is 2.45. The van der Waals surface area contributed by atoms with Crippen molar-refractivity contribution < 1.29 is 0 Å². The first-order chi connectivity index (χ1) is 11.7. The van der Waals surface area contributed by atoms with Gasteiger partial charge in [-0.3, -0.25) is 4.90 Å². The van der Waals surface area contributed by atoms with E-state index in [9.17, 15) is 0 Å². The van der Waals surface area contributed by atoms with Gasteiger partial charge in [0.25, 0.3) is 0 Å². The summed E-state index contributed by atoms with van der Waals surface area (Å²) in [5, 5.41) is 0. The van der Waals surface area contributed by atoms with Crippen molar-refractivity contribution >= 4 is 23.3 Å². The maximum Gasteiger partial charge on any atom is 0.181 e. The second-order valence-electron chi connectivity index (χ2n) is 6.70. The van der Waals surface area contributed by atoms with Crippen molar-refractivity contribution in [3.05, 3.63) is 64.9 Å². The molecule has 2 aromatic carbocycles. The molecule has 0 spiro atoms. The summed E-state index contributed by atoms with van der Waals surface area (Å²) in [5.41, 5.74) is 3.93. The van der Waals surface area contributed by atoms with E-state index in [1.807, 2.05) is 0 Å². The van der Waals surface area contributed by atoms with Crippen LogP contribution in [0.15, 0.2) is 54.6 Å². The van der Waals surface area contributed by atoms with Crippen LogP contribution < -0.4 is 0 Å². The van der Waals surface area contributed by atoms with E-state index in [-0.39, 0.29) is 0 Å². The fraction of sp³-hybridized carbons (Fsp3) is 0.350. The van der Waals surface area contributed by atoms with Gasteiger partial charge in [-0.2, -0.15) is 0 Å². The molecule has 0 bridgehead atoms. The molecule has 0 amide bonds. The van der Waals surface area contributed by atoms with Crippen molar-refractivity contribution in [1.29, 1.82) is 0 Å². The zero-order valence-corrected chi connectivity index (χ0v) is 14.9. The molecule has 1 aromatic heterocycles. The van der Waals surface area contributed by atoms with E-state index in [0.29, 0.717) is 5.92 Å². The highest BCUT2D eigenvalue weighted by Gasteiger charge is 2.21. The summed E-state index contributed by atoms with van der Waals surface area (Å²) in [7, 11) is 2.06. The first-order valence-corrected chi connectivity index (χ1v) is 9.06. The lowest BCUT2D eigenvalue weighted by atomic mass is 9.90. The van der Waals surface area contributed by atoms with Crippen LogP contribution in [0.25, 0.3) is 11.0 Å². The summed E-state index contributed by atoms with van der Waals surface area (Å²) >= 11 is 5.66. The Bertz CT molecular complexity index is 886. The molecule has 0 N–H and O–H groups in total. The van der Waals surface area contributed by atoms with E-state index >= 15 is 0 Å². The minimum atomic E-state index is 0.697. The van der Waals surface area contributed by atoms with Crippen LogP contribution >= 0.6 is 12.2 Å². The molecule has 1 aliphatic rings. The number of nitrogens with zero attached hydrogens (tertiary/aromatic N) is 3. The van der Waals surface area contributed by atoms with Gasteiger partial charge >= 0.3 is 0 Å². The molecule has 0 radical (unpaired) electrons. The van der Waals surface area contributed by atoms with Crippen LogP contribution in [0.3, 0.4) is 0 Å². The Balaban J connectivity index is 1.50. The Morgan fingerprint density at radius 3 is 2.25 bits per heavy atom. The van der Waals surface area contributed by atoms with Crippen molar-refractivity contribution in [1.82, 2.24) is 14.0 Å². The summed E-state index contributed by atoms with van der Waals surface area (Å²) in [6.45, 7) is 3.15. The van der Waals surface area contributed by atoms with Crippen molar-refractivity contribution in [2.45, 2.75) is 25.4 Å². The molecule has 3 aromatic rings. The minimum Gasteiger partial charge on any atom is -0.320 e. The van der Waals surface area contributed by atoms with Gasteiger partial charge in [0, 0.05) is 20.1 Å². The fourth-order valence-electron chi connectivity index (χ4n) is 3.83. The number of piperidine rings is 1. The number of fused-ring (bicyclic) bond motifs is 1. The van der Waals surface area contributed by atoms with Crippen molar-refractivity contribution in [2.75, 3.05) is 13.1 Å². The standard InChI is InChI=1S/C20H23N3S/c1-21-18-9-5-6-10-19(18)23(20(21)24)15-22-13-11-17(12-14-22)16-7-3-2-4-8-16/h2-10,17H,11-15H2,1H3. The molecule has 3 nitrogen and oxygen atoms in total. The monoisotopic (exact) mass is 337 g/mol. The predicted molar refractivity (Wildman–Crippen MR) is 102 cm³/mol. The molecule has 4 rings (SSSR count). The van der Waals surface area contributed by atoms with Crippen LogP contribution in [0.5, 0.6) is 0 Å². The van der Waals surface area contributed by atoms with Crippen LogP contribution in [0, 0.1) is 4.77 Å². The van der Waals surface area contributed by atoms with Gasteiger partial charge in [0.15, 0.2) is 4.77 Å². The highest BCUT2D eigenvalue weighted by Crippen LogP contribution is 2.28. The van der Waals surface area contributed by atoms with Crippen LogP contribution in [0.1, 0.15) is 24.3 Å². The van der Waals surface area contributed by atoms with E-state index in [4.69, 9.17) is 12.2 Å². The Kier molecular flexibility index (Phi) is 4.25. The van der Waals surface area contributed by atoms with Crippen molar-refractivity contribution in [3.8, 4) is 0 Å². The van der Waals surface area contributed by atoms with E-state index in [0.717, 1.165) is 24.5 Å². The van der Waals surface area contributed by atoms with E-state index in [1.54, 1.807) is 0 Å². The maximum atomic E-state index is 5.66. The lowest BCUT2D eigenvalue weighted by Crippen LogP contribution is -2.34. The van der Waals surface area contributed by atoms with Crippen LogP contribution in [-0.2, 0) is 13.7 Å². The van der Waals surface area contributed by atoms with Crippen LogP contribution in [0.4, 0.5) is 0 Å². The zero-order valence-electron chi connectivity index (χ0n) is 14.1. The van der Waals surface area contributed by atoms with E-state index in [2.05, 4.69) is 75.7 Å². The van der Waals surface area contributed by atoms with Gasteiger partial charge in [-0.05, 0) is 48.7 Å². The second-order valence-corrected chi connectivity index (χ2v) is 7.07. The Morgan fingerprint density at radius 2 is 1.54 bits per heavy atom. The van der Waals surface area contributed by atoms with Gasteiger partial charge in [0.1, 0.15) is 0 Å². The third-order valence-electron chi connectivity index (χ3n) is 5.25. The first-order valence-electron chi connectivity index (χ1n) is 8.65. The number of benzene rings is 2. The number of imidazole rings is 1. The number of para-hydroxylation sites is 2. The molecule has 1 aliphatic heterocycles. The average Bonchev–Trinajstić information content (AvgIpc) is 2.88. The van der Waals surface area contributed by atoms with Gasteiger partial charge in [0.2, 0.25) is 0 Å². The molecule has 0 unspecified atom stereocenters. The summed E-state index contributed by atoms with van der Waals surface area (Å²) in [5.74, 6) is 0.697. The second kappa shape index (κ2) is 6.54. The molecule has 1 fully saturated rings. The number of aromatic nitrogens is 2. The zero-order chi connectivity index (χ0) is 16.5. The molecule has 0 atom stereocenters. The number of rotatable bonds is 3. The molecule has 124 valence electrons. The molecule has 0 aliphatic carbocycles. The lowest BCUT2D eigenvalue weighted by Gasteiger charge is -2.32. The SMILES string of the molecule is Cn1c(=S)n(CN2CCC(c3ccccc3)CC2)c2ccccc21. The van der Waals surface area contributed by atoms with Crippen LogP contribution in [-0.4, -0.2) is 27.1 Å². The molecular formula is C20H23N3S. The largest absolute Gasteiger partial charge is 0.320 e. The molecule has 1 saturated heterocycles. The molecule has 2 heterocycles. The van der Waals surface area contributed by atoms with E-state index < -0.39 is 0 Å². The topological polar surface area (TPSA) is 13.1 Å². The van der Waals surface area contributed by atoms with Gasteiger partial charge in [-0.25, -0.2) is 0 Å². The molecule has 4 heteroatoms. The number of likely N-dealkylation sites (tertiary alicyclic amines) is 1. The number of hydrogen-bond donors (Lipinski definition) is 0. The number of hydrogen-bond acceptors (Lipinski definition) is 2. The van der Waals surface area contributed by atoms with Crippen molar-refractivity contribution in [3.63, 3.8) is 0 Å². The minimum absolute atomic E-state index is 0.697. The Hall–Kier alpha value is -1.91. The molecule has 24 heavy (non-hydrogen) atoms. The molecule has 0 saturated carbocycles. The summed E-state index contributed by atoms with van der Waals surface area (Å²) < 4.78 is 5.29. The maximum absolute atomic E-state index is 5.66. The molecular weight excluding hydrogens is 314 g/mol. The summed E-state index contributed by atoms with van der Waals surface area (Å²) in [6, 6.07) is 19.4. The Morgan fingerprint density at radius 1 is 0.917 bits per heavy atom. The van der Waals surface area contributed by atoms with Crippen molar-refractivity contribution in [2.24, 2.45) is 7.05 Å². The third kappa shape index (κ3) is 2.80. The van der Waals surface area contributed by atoms with E-state index in [1.165, 1.54) is 29.4 Å². The fourth-order valence-corrected chi connectivity index (χ4v) is 4.09. The summed E-state index contributed by atoms with van der Waals surface area (Å²) in [4.78, 5) is 2.53.